The molecule has 2 unspecified atom stereocenters. The van der Waals surface area contributed by atoms with Crippen molar-refractivity contribution in [1.29, 1.82) is 0 Å². The summed E-state index contributed by atoms with van der Waals surface area (Å²) >= 11 is 0. The summed E-state index contributed by atoms with van der Waals surface area (Å²) in [5.41, 5.74) is 0. The fraction of sp³-hybridized carbons (Fsp3) is 0.917. The molecule has 100 valence electrons. The van der Waals surface area contributed by atoms with Gasteiger partial charge in [-0.1, -0.05) is 6.92 Å². The van der Waals surface area contributed by atoms with Crippen LogP contribution in [0.15, 0.2) is 0 Å². The van der Waals surface area contributed by atoms with Crippen molar-refractivity contribution in [2.45, 2.75) is 32.2 Å². The molecule has 0 radical (unpaired) electrons. The van der Waals surface area contributed by atoms with Crippen LogP contribution >= 0.6 is 0 Å². The van der Waals surface area contributed by atoms with Gasteiger partial charge in [0.25, 0.3) is 0 Å². The number of hydrogen-bond acceptors (Lipinski definition) is 4. The van der Waals surface area contributed by atoms with Gasteiger partial charge in [0.2, 0.25) is 5.91 Å². The largest absolute Gasteiger partial charge is 0.396 e. The van der Waals surface area contributed by atoms with Crippen molar-refractivity contribution >= 4 is 5.91 Å². The molecule has 1 aliphatic rings. The van der Waals surface area contributed by atoms with Gasteiger partial charge in [-0.2, -0.15) is 0 Å². The first kappa shape index (κ1) is 14.4. The Balaban J connectivity index is 2.24. The molecular formula is C12H24N2O3. The van der Waals surface area contributed by atoms with Gasteiger partial charge in [-0.3, -0.25) is 4.79 Å². The third-order valence-corrected chi connectivity index (χ3v) is 2.96. The first-order chi connectivity index (χ1) is 8.29. The second kappa shape index (κ2) is 8.44. The van der Waals surface area contributed by atoms with E-state index in [2.05, 4.69) is 17.6 Å². The zero-order chi connectivity index (χ0) is 12.5. The summed E-state index contributed by atoms with van der Waals surface area (Å²) in [6.45, 7) is 4.97. The van der Waals surface area contributed by atoms with Crippen LogP contribution in [0.1, 0.15) is 26.2 Å². The Kier molecular flexibility index (Phi) is 7.16. The lowest BCUT2D eigenvalue weighted by Crippen LogP contribution is -2.44. The Hall–Kier alpha value is -0.650. The van der Waals surface area contributed by atoms with Crippen LogP contribution < -0.4 is 10.6 Å². The Labute approximate surface area is 103 Å². The standard InChI is InChI=1S/C12H24N2O3/c1-2-5-13-11-9-17-8-10(11)12(16)14-6-3-4-7-15/h10-11,13,15H,2-9H2,1H3,(H,14,16). The molecule has 1 saturated heterocycles. The Morgan fingerprint density at radius 2 is 2.18 bits per heavy atom. The maximum atomic E-state index is 11.9. The number of ether oxygens (including phenoxy) is 1. The predicted molar refractivity (Wildman–Crippen MR) is 65.7 cm³/mol. The van der Waals surface area contributed by atoms with Crippen LogP contribution in [-0.4, -0.2) is 50.0 Å². The molecule has 2 atom stereocenters. The average molecular weight is 244 g/mol. The molecule has 1 amide bonds. The van der Waals surface area contributed by atoms with Crippen molar-refractivity contribution in [2.24, 2.45) is 5.92 Å². The normalized spacial score (nSPS) is 23.9. The van der Waals surface area contributed by atoms with Gasteiger partial charge in [0.1, 0.15) is 0 Å². The van der Waals surface area contributed by atoms with Crippen LogP contribution in [0, 0.1) is 5.92 Å². The van der Waals surface area contributed by atoms with Crippen LogP contribution in [0.4, 0.5) is 0 Å². The van der Waals surface area contributed by atoms with E-state index in [0.29, 0.717) is 19.8 Å². The van der Waals surface area contributed by atoms with Crippen molar-refractivity contribution in [2.75, 3.05) is 32.9 Å². The Morgan fingerprint density at radius 3 is 2.88 bits per heavy atom. The number of unbranched alkanes of at least 4 members (excludes halogenated alkanes) is 1. The van der Waals surface area contributed by atoms with Gasteiger partial charge in [-0.25, -0.2) is 0 Å². The van der Waals surface area contributed by atoms with Crippen LogP contribution in [0.2, 0.25) is 0 Å². The number of aliphatic hydroxyl groups excluding tert-OH is 1. The second-order valence-electron chi connectivity index (χ2n) is 4.43. The smallest absolute Gasteiger partial charge is 0.227 e. The topological polar surface area (TPSA) is 70.6 Å². The van der Waals surface area contributed by atoms with Crippen LogP contribution in [0.25, 0.3) is 0 Å². The highest BCUT2D eigenvalue weighted by atomic mass is 16.5. The molecular weight excluding hydrogens is 220 g/mol. The van der Waals surface area contributed by atoms with E-state index in [4.69, 9.17) is 9.84 Å². The molecule has 0 aliphatic carbocycles. The molecule has 0 bridgehead atoms. The molecule has 0 aromatic rings. The van der Waals surface area contributed by atoms with Gasteiger partial charge in [-0.05, 0) is 25.8 Å². The van der Waals surface area contributed by atoms with E-state index in [9.17, 15) is 4.79 Å². The van der Waals surface area contributed by atoms with Crippen molar-refractivity contribution < 1.29 is 14.6 Å². The Bertz CT molecular complexity index is 224. The molecule has 1 aliphatic heterocycles. The minimum atomic E-state index is -0.0734. The van der Waals surface area contributed by atoms with Crippen molar-refractivity contribution in [3.05, 3.63) is 0 Å². The van der Waals surface area contributed by atoms with E-state index in [0.717, 1.165) is 25.8 Å². The fourth-order valence-corrected chi connectivity index (χ4v) is 1.92. The number of carbonyl (C=O) groups excluding carboxylic acids is 1. The lowest BCUT2D eigenvalue weighted by molar-refractivity contribution is -0.125. The number of nitrogens with one attached hydrogen (secondary N) is 2. The fourth-order valence-electron chi connectivity index (χ4n) is 1.92. The first-order valence-corrected chi connectivity index (χ1v) is 6.49. The third-order valence-electron chi connectivity index (χ3n) is 2.96. The molecule has 1 heterocycles. The van der Waals surface area contributed by atoms with Gasteiger partial charge in [0, 0.05) is 19.2 Å². The summed E-state index contributed by atoms with van der Waals surface area (Å²) in [6.07, 6.45) is 2.61. The minimum absolute atomic E-state index is 0.0639. The number of hydrogen-bond donors (Lipinski definition) is 3. The molecule has 1 fully saturated rings. The molecule has 0 spiro atoms. The van der Waals surface area contributed by atoms with E-state index in [1.54, 1.807) is 0 Å². The second-order valence-corrected chi connectivity index (χ2v) is 4.43. The van der Waals surface area contributed by atoms with Crippen LogP contribution in [0.3, 0.4) is 0 Å². The molecule has 17 heavy (non-hydrogen) atoms. The number of amides is 1. The van der Waals surface area contributed by atoms with E-state index in [1.807, 2.05) is 0 Å². The van der Waals surface area contributed by atoms with Gasteiger partial charge in [0.15, 0.2) is 0 Å². The van der Waals surface area contributed by atoms with Gasteiger partial charge in [-0.15, -0.1) is 0 Å². The third kappa shape index (κ3) is 5.02. The summed E-state index contributed by atoms with van der Waals surface area (Å²) in [4.78, 5) is 11.9. The van der Waals surface area contributed by atoms with E-state index in [-0.39, 0.29) is 24.5 Å². The predicted octanol–water partition coefficient (Wildman–Crippen LogP) is -0.110. The van der Waals surface area contributed by atoms with Crippen molar-refractivity contribution in [3.63, 3.8) is 0 Å². The maximum Gasteiger partial charge on any atom is 0.227 e. The van der Waals surface area contributed by atoms with Crippen molar-refractivity contribution in [1.82, 2.24) is 10.6 Å². The first-order valence-electron chi connectivity index (χ1n) is 6.49. The van der Waals surface area contributed by atoms with Gasteiger partial charge in [0.05, 0.1) is 19.1 Å². The lowest BCUT2D eigenvalue weighted by atomic mass is 10.0. The summed E-state index contributed by atoms with van der Waals surface area (Å²) in [5.74, 6) is -0.00952. The number of rotatable bonds is 8. The molecule has 5 nitrogen and oxygen atoms in total. The van der Waals surface area contributed by atoms with E-state index in [1.165, 1.54) is 0 Å². The highest BCUT2D eigenvalue weighted by Gasteiger charge is 2.33. The van der Waals surface area contributed by atoms with E-state index < -0.39 is 0 Å². The monoisotopic (exact) mass is 244 g/mol. The molecule has 0 aromatic heterocycles. The van der Waals surface area contributed by atoms with Crippen LogP contribution in [-0.2, 0) is 9.53 Å². The Morgan fingerprint density at radius 1 is 1.35 bits per heavy atom. The SMILES string of the molecule is CCCNC1COCC1C(=O)NCCCCO. The molecule has 3 N–H and O–H groups in total. The summed E-state index contributed by atoms with van der Waals surface area (Å²) in [6, 6.07) is 0.146. The summed E-state index contributed by atoms with van der Waals surface area (Å²) in [5, 5.41) is 14.9. The lowest BCUT2D eigenvalue weighted by Gasteiger charge is -2.18. The summed E-state index contributed by atoms with van der Waals surface area (Å²) in [7, 11) is 0. The van der Waals surface area contributed by atoms with Gasteiger partial charge < -0.3 is 20.5 Å². The summed E-state index contributed by atoms with van der Waals surface area (Å²) < 4.78 is 5.35. The van der Waals surface area contributed by atoms with Crippen LogP contribution in [0.5, 0.6) is 0 Å². The molecule has 1 rings (SSSR count). The minimum Gasteiger partial charge on any atom is -0.396 e. The maximum absolute atomic E-state index is 11.9. The zero-order valence-corrected chi connectivity index (χ0v) is 10.6. The quantitative estimate of drug-likeness (QED) is 0.521. The highest BCUT2D eigenvalue weighted by molar-refractivity contribution is 5.79. The number of carbonyl (C=O) groups is 1. The molecule has 5 heteroatoms. The molecule has 0 saturated carbocycles. The highest BCUT2D eigenvalue weighted by Crippen LogP contribution is 2.13. The van der Waals surface area contributed by atoms with Crippen molar-refractivity contribution in [3.8, 4) is 0 Å². The zero-order valence-electron chi connectivity index (χ0n) is 10.6. The molecule has 0 aromatic carbocycles. The number of aliphatic hydroxyl groups is 1. The van der Waals surface area contributed by atoms with E-state index >= 15 is 0 Å². The van der Waals surface area contributed by atoms with Gasteiger partial charge >= 0.3 is 0 Å². The average Bonchev–Trinajstić information content (AvgIpc) is 2.80.